The normalized spacial score (nSPS) is 19.7. The third-order valence-electron chi connectivity index (χ3n) is 4.08. The Labute approximate surface area is 150 Å². The highest BCUT2D eigenvalue weighted by Gasteiger charge is 2.40. The van der Waals surface area contributed by atoms with E-state index in [4.69, 9.17) is 10.5 Å². The van der Waals surface area contributed by atoms with Crippen LogP contribution in [0.15, 0.2) is 12.3 Å². The van der Waals surface area contributed by atoms with Crippen LogP contribution in [0.1, 0.15) is 39.4 Å². The van der Waals surface area contributed by atoms with Crippen molar-refractivity contribution in [1.82, 2.24) is 19.9 Å². The fourth-order valence-corrected chi connectivity index (χ4v) is 2.88. The summed E-state index contributed by atoms with van der Waals surface area (Å²) in [6.07, 6.45) is -4.28. The number of rotatable bonds is 6. The van der Waals surface area contributed by atoms with Gasteiger partial charge in [-0.2, -0.15) is 5.10 Å². The number of carbonyl (C=O) groups excluding carboxylic acids is 2. The first kappa shape index (κ1) is 19.0. The third kappa shape index (κ3) is 4.01. The van der Waals surface area contributed by atoms with E-state index >= 15 is 0 Å². The Kier molecular flexibility index (Phi) is 5.02. The van der Waals surface area contributed by atoms with Gasteiger partial charge >= 0.3 is 6.36 Å². The van der Waals surface area contributed by atoms with Crippen molar-refractivity contribution in [2.24, 2.45) is 5.73 Å². The molecule has 0 atom stereocenters. The van der Waals surface area contributed by atoms with Crippen LogP contribution in [-0.2, 0) is 16.1 Å². The molecule has 1 fully saturated rings. The number of nitrogens with one attached hydrogen (secondary N) is 1. The number of carbonyl (C=O) groups is 2. The Morgan fingerprint density at radius 3 is 2.70 bits per heavy atom. The number of hydrogen-bond acceptors (Lipinski definition) is 6. The van der Waals surface area contributed by atoms with E-state index in [-0.39, 0.29) is 42.0 Å². The minimum Gasteiger partial charge on any atom is -0.378 e. The highest BCUT2D eigenvalue weighted by molar-refractivity contribution is 6.01. The minimum absolute atomic E-state index is 0.0121. The number of primary amides is 1. The predicted octanol–water partition coefficient (Wildman–Crippen LogP) is 0.772. The van der Waals surface area contributed by atoms with Crippen molar-refractivity contribution in [3.05, 3.63) is 29.2 Å². The molecule has 0 aromatic carbocycles. The molecule has 2 heterocycles. The number of hydrogen-bond donors (Lipinski definition) is 2. The van der Waals surface area contributed by atoms with Crippen molar-refractivity contribution in [2.75, 3.05) is 7.11 Å². The molecule has 0 unspecified atom stereocenters. The van der Waals surface area contributed by atoms with E-state index in [0.717, 1.165) is 4.52 Å². The first-order chi connectivity index (χ1) is 12.7. The zero-order valence-electron chi connectivity index (χ0n) is 14.1. The van der Waals surface area contributed by atoms with Gasteiger partial charge in [0.05, 0.1) is 12.7 Å². The zero-order valence-corrected chi connectivity index (χ0v) is 14.1. The summed E-state index contributed by atoms with van der Waals surface area (Å²) in [6, 6.07) is 0.914. The summed E-state index contributed by atoms with van der Waals surface area (Å²) >= 11 is 0. The van der Waals surface area contributed by atoms with Crippen LogP contribution >= 0.6 is 0 Å². The Hall–Kier alpha value is -2.73. The standard InChI is InChI=1S/C15H16F3N5O4/c1-26-6-9-11(12(19)24)13-20-3-2-10(23(13)22-9)14(25)21-7-4-8(5-7)27-15(16,17)18/h2-3,7-8H,4-6H2,1H3,(H2,19,24)(H,21,25). The second-order valence-electron chi connectivity index (χ2n) is 6.01. The van der Waals surface area contributed by atoms with Crippen molar-refractivity contribution in [3.63, 3.8) is 0 Å². The lowest BCUT2D eigenvalue weighted by molar-refractivity contribution is -0.351. The number of methoxy groups -OCH3 is 1. The van der Waals surface area contributed by atoms with E-state index in [0.29, 0.717) is 0 Å². The molecule has 2 aromatic rings. The first-order valence-corrected chi connectivity index (χ1v) is 7.90. The molecule has 1 saturated carbocycles. The quantitative estimate of drug-likeness (QED) is 0.755. The summed E-state index contributed by atoms with van der Waals surface area (Å²) < 4.78 is 46.5. The number of fused-ring (bicyclic) bond motifs is 1. The summed E-state index contributed by atoms with van der Waals surface area (Å²) in [6.45, 7) is -0.0121. The number of alkyl halides is 3. The molecule has 0 aliphatic heterocycles. The fraction of sp³-hybridized carbons (Fsp3) is 0.467. The lowest BCUT2D eigenvalue weighted by atomic mass is 9.89. The maximum atomic E-state index is 12.5. The fourth-order valence-electron chi connectivity index (χ4n) is 2.88. The summed E-state index contributed by atoms with van der Waals surface area (Å²) in [4.78, 5) is 28.2. The molecule has 3 rings (SSSR count). The summed E-state index contributed by atoms with van der Waals surface area (Å²) in [5.41, 5.74) is 5.77. The van der Waals surface area contributed by atoms with Gasteiger partial charge in [-0.15, -0.1) is 13.2 Å². The molecule has 0 saturated heterocycles. The minimum atomic E-state index is -4.70. The molecular weight excluding hydrogens is 371 g/mol. The third-order valence-corrected chi connectivity index (χ3v) is 4.08. The molecule has 1 aliphatic rings. The topological polar surface area (TPSA) is 121 Å². The molecule has 0 radical (unpaired) electrons. The number of ether oxygens (including phenoxy) is 2. The van der Waals surface area contributed by atoms with Gasteiger partial charge in [-0.3, -0.25) is 14.3 Å². The second kappa shape index (κ2) is 7.12. The summed E-state index contributed by atoms with van der Waals surface area (Å²) in [5.74, 6) is -1.34. The van der Waals surface area contributed by atoms with Gasteiger partial charge in [-0.05, 0) is 18.9 Å². The van der Waals surface area contributed by atoms with Crippen LogP contribution in [0, 0.1) is 0 Å². The average Bonchev–Trinajstić information content (AvgIpc) is 2.89. The van der Waals surface area contributed by atoms with Crippen molar-refractivity contribution in [2.45, 2.75) is 38.0 Å². The number of amides is 2. The van der Waals surface area contributed by atoms with Crippen LogP contribution in [0.25, 0.3) is 5.65 Å². The molecule has 12 heteroatoms. The molecule has 3 N–H and O–H groups in total. The number of nitrogens with zero attached hydrogens (tertiary/aromatic N) is 3. The van der Waals surface area contributed by atoms with Crippen molar-refractivity contribution >= 4 is 17.5 Å². The van der Waals surface area contributed by atoms with Gasteiger partial charge in [0, 0.05) is 19.3 Å². The molecule has 146 valence electrons. The van der Waals surface area contributed by atoms with Crippen molar-refractivity contribution in [1.29, 1.82) is 0 Å². The Morgan fingerprint density at radius 2 is 2.11 bits per heavy atom. The van der Waals surface area contributed by atoms with Gasteiger partial charge in [0.15, 0.2) is 5.65 Å². The van der Waals surface area contributed by atoms with Gasteiger partial charge < -0.3 is 15.8 Å². The number of aromatic nitrogens is 3. The SMILES string of the molecule is COCc1nn2c(C(=O)NC3CC(OC(F)(F)F)C3)ccnc2c1C(N)=O. The first-order valence-electron chi connectivity index (χ1n) is 7.90. The molecule has 1 aliphatic carbocycles. The monoisotopic (exact) mass is 387 g/mol. The van der Waals surface area contributed by atoms with Gasteiger partial charge in [0.2, 0.25) is 0 Å². The Bertz CT molecular complexity index is 876. The molecular formula is C15H16F3N5O4. The van der Waals surface area contributed by atoms with Gasteiger partial charge in [-0.25, -0.2) is 9.50 Å². The van der Waals surface area contributed by atoms with E-state index in [1.807, 2.05) is 0 Å². The summed E-state index contributed by atoms with van der Waals surface area (Å²) in [5, 5.41) is 6.76. The Balaban J connectivity index is 1.78. The average molecular weight is 387 g/mol. The second-order valence-corrected chi connectivity index (χ2v) is 6.01. The molecule has 27 heavy (non-hydrogen) atoms. The molecule has 0 spiro atoms. The molecule has 2 aromatic heterocycles. The summed E-state index contributed by atoms with van der Waals surface area (Å²) in [7, 11) is 1.41. The largest absolute Gasteiger partial charge is 0.522 e. The van der Waals surface area contributed by atoms with Crippen LogP contribution in [0.4, 0.5) is 13.2 Å². The highest BCUT2D eigenvalue weighted by atomic mass is 19.4. The lowest BCUT2D eigenvalue weighted by Crippen LogP contribution is -2.49. The van der Waals surface area contributed by atoms with E-state index < -0.39 is 30.3 Å². The maximum absolute atomic E-state index is 12.5. The zero-order chi connectivity index (χ0) is 19.8. The Morgan fingerprint density at radius 1 is 1.41 bits per heavy atom. The van der Waals surface area contributed by atoms with Crippen LogP contribution in [-0.4, -0.2) is 52.0 Å². The van der Waals surface area contributed by atoms with Crippen LogP contribution in [0.2, 0.25) is 0 Å². The van der Waals surface area contributed by atoms with Crippen LogP contribution in [0.5, 0.6) is 0 Å². The number of nitrogens with two attached hydrogens (primary N) is 1. The van der Waals surface area contributed by atoms with E-state index in [1.54, 1.807) is 0 Å². The smallest absolute Gasteiger partial charge is 0.378 e. The van der Waals surface area contributed by atoms with E-state index in [2.05, 4.69) is 20.1 Å². The van der Waals surface area contributed by atoms with E-state index in [1.165, 1.54) is 19.4 Å². The van der Waals surface area contributed by atoms with Gasteiger partial charge in [0.25, 0.3) is 11.8 Å². The highest BCUT2D eigenvalue weighted by Crippen LogP contribution is 2.30. The van der Waals surface area contributed by atoms with Crippen LogP contribution in [0.3, 0.4) is 0 Å². The van der Waals surface area contributed by atoms with Gasteiger partial charge in [0.1, 0.15) is 17.0 Å². The number of halogens is 3. The predicted molar refractivity (Wildman–Crippen MR) is 83.6 cm³/mol. The van der Waals surface area contributed by atoms with Crippen LogP contribution < -0.4 is 11.1 Å². The molecule has 9 nitrogen and oxygen atoms in total. The molecule has 0 bridgehead atoms. The van der Waals surface area contributed by atoms with E-state index in [9.17, 15) is 22.8 Å². The maximum Gasteiger partial charge on any atom is 0.522 e. The molecule has 2 amide bonds. The van der Waals surface area contributed by atoms with Crippen molar-refractivity contribution < 1.29 is 32.2 Å². The van der Waals surface area contributed by atoms with Crippen molar-refractivity contribution in [3.8, 4) is 0 Å². The van der Waals surface area contributed by atoms with Gasteiger partial charge in [-0.1, -0.05) is 0 Å². The lowest BCUT2D eigenvalue weighted by Gasteiger charge is -2.35.